The molecule has 1 aliphatic heterocycles. The SMILES string of the molecule is CCOC(=O)C1=Nc2ccccc2C(=O)C1C(=O)O. The molecule has 0 spiro atoms. The Kier molecular flexibility index (Phi) is 3.41. The molecule has 0 amide bonds. The predicted molar refractivity (Wildman–Crippen MR) is 65.6 cm³/mol. The summed E-state index contributed by atoms with van der Waals surface area (Å²) in [6.45, 7) is 1.67. The van der Waals surface area contributed by atoms with Gasteiger partial charge in [-0.25, -0.2) is 9.79 Å². The summed E-state index contributed by atoms with van der Waals surface area (Å²) in [5, 5.41) is 9.11. The summed E-state index contributed by atoms with van der Waals surface area (Å²) in [7, 11) is 0. The lowest BCUT2D eigenvalue weighted by Gasteiger charge is -2.19. The van der Waals surface area contributed by atoms with Gasteiger partial charge in [-0.3, -0.25) is 9.59 Å². The van der Waals surface area contributed by atoms with Crippen molar-refractivity contribution < 1.29 is 24.2 Å². The van der Waals surface area contributed by atoms with Gasteiger partial charge in [0.15, 0.2) is 11.7 Å². The molecule has 0 aliphatic carbocycles. The normalized spacial score (nSPS) is 17.4. The van der Waals surface area contributed by atoms with Gasteiger partial charge in [0.2, 0.25) is 0 Å². The summed E-state index contributed by atoms with van der Waals surface area (Å²) in [5.74, 6) is -4.54. The lowest BCUT2D eigenvalue weighted by molar-refractivity contribution is -0.141. The molecule has 0 saturated heterocycles. The maximum Gasteiger partial charge on any atom is 0.354 e. The molecule has 0 fully saturated rings. The van der Waals surface area contributed by atoms with Gasteiger partial charge in [0, 0.05) is 5.56 Å². The van der Waals surface area contributed by atoms with Crippen molar-refractivity contribution in [3.8, 4) is 0 Å². The lowest BCUT2D eigenvalue weighted by Crippen LogP contribution is -2.39. The van der Waals surface area contributed by atoms with E-state index in [0.717, 1.165) is 0 Å². The van der Waals surface area contributed by atoms with Crippen molar-refractivity contribution in [2.24, 2.45) is 10.9 Å². The zero-order valence-electron chi connectivity index (χ0n) is 10.1. The van der Waals surface area contributed by atoms with Gasteiger partial charge in [0.05, 0.1) is 12.3 Å². The second-order valence-corrected chi connectivity index (χ2v) is 3.87. The van der Waals surface area contributed by atoms with Crippen molar-refractivity contribution in [1.82, 2.24) is 0 Å². The van der Waals surface area contributed by atoms with Crippen molar-refractivity contribution in [3.05, 3.63) is 29.8 Å². The highest BCUT2D eigenvalue weighted by atomic mass is 16.5. The fourth-order valence-electron chi connectivity index (χ4n) is 1.85. The highest BCUT2D eigenvalue weighted by molar-refractivity contribution is 6.48. The minimum atomic E-state index is -1.60. The molecule has 1 aromatic carbocycles. The first kappa shape index (κ1) is 12.9. The molecule has 1 aliphatic rings. The van der Waals surface area contributed by atoms with E-state index in [1.807, 2.05) is 0 Å². The number of para-hydroxylation sites is 1. The number of esters is 1. The number of hydrogen-bond acceptors (Lipinski definition) is 5. The molecule has 98 valence electrons. The molecule has 2 rings (SSSR count). The van der Waals surface area contributed by atoms with Gasteiger partial charge in [-0.2, -0.15) is 0 Å². The fourth-order valence-corrected chi connectivity index (χ4v) is 1.85. The molecule has 19 heavy (non-hydrogen) atoms. The summed E-state index contributed by atoms with van der Waals surface area (Å²) in [4.78, 5) is 38.9. The molecule has 1 aromatic rings. The number of aliphatic imine (C=N–C) groups is 1. The second-order valence-electron chi connectivity index (χ2n) is 3.87. The minimum absolute atomic E-state index is 0.0834. The predicted octanol–water partition coefficient (Wildman–Crippen LogP) is 1.22. The average Bonchev–Trinajstić information content (AvgIpc) is 2.38. The molecule has 0 aromatic heterocycles. The van der Waals surface area contributed by atoms with E-state index in [1.165, 1.54) is 6.07 Å². The monoisotopic (exact) mass is 261 g/mol. The number of carbonyl (C=O) groups excluding carboxylic acids is 2. The van der Waals surface area contributed by atoms with Crippen molar-refractivity contribution in [3.63, 3.8) is 0 Å². The fraction of sp³-hybridized carbons (Fsp3) is 0.231. The quantitative estimate of drug-likeness (QED) is 0.652. The number of fused-ring (bicyclic) bond motifs is 1. The lowest BCUT2D eigenvalue weighted by atomic mass is 9.89. The third-order valence-corrected chi connectivity index (χ3v) is 2.68. The molecule has 1 unspecified atom stereocenters. The number of aliphatic carboxylic acids is 1. The molecule has 6 heteroatoms. The minimum Gasteiger partial charge on any atom is -0.480 e. The molecular weight excluding hydrogens is 250 g/mol. The highest BCUT2D eigenvalue weighted by Crippen LogP contribution is 2.29. The summed E-state index contributed by atoms with van der Waals surface area (Å²) in [5.41, 5.74) is 0.106. The van der Waals surface area contributed by atoms with E-state index in [9.17, 15) is 14.4 Å². The van der Waals surface area contributed by atoms with Crippen LogP contribution in [0, 0.1) is 5.92 Å². The average molecular weight is 261 g/mol. The maximum atomic E-state index is 12.1. The van der Waals surface area contributed by atoms with Crippen LogP contribution in [-0.2, 0) is 14.3 Å². The number of hydrogen-bond donors (Lipinski definition) is 1. The van der Waals surface area contributed by atoms with Crippen LogP contribution in [0.3, 0.4) is 0 Å². The van der Waals surface area contributed by atoms with E-state index < -0.39 is 23.6 Å². The summed E-state index contributed by atoms with van der Waals surface area (Å²) in [6.07, 6.45) is 0. The van der Waals surface area contributed by atoms with Crippen LogP contribution in [0.4, 0.5) is 5.69 Å². The summed E-state index contributed by atoms with van der Waals surface area (Å²) < 4.78 is 4.74. The molecule has 1 atom stereocenters. The van der Waals surface area contributed by atoms with Crippen molar-refractivity contribution in [2.75, 3.05) is 6.61 Å². The van der Waals surface area contributed by atoms with Gasteiger partial charge in [-0.1, -0.05) is 12.1 Å². The molecule has 6 nitrogen and oxygen atoms in total. The van der Waals surface area contributed by atoms with E-state index in [-0.39, 0.29) is 23.6 Å². The first-order valence-electron chi connectivity index (χ1n) is 5.68. The number of nitrogens with zero attached hydrogens (tertiary/aromatic N) is 1. The standard InChI is InChI=1S/C13H11NO5/c1-2-19-13(18)10-9(12(16)17)11(15)7-5-3-4-6-8(7)14-10/h3-6,9H,2H2,1H3,(H,16,17). The Morgan fingerprint density at radius 2 is 2.05 bits per heavy atom. The Bertz CT molecular complexity index is 590. The van der Waals surface area contributed by atoms with E-state index in [0.29, 0.717) is 0 Å². The van der Waals surface area contributed by atoms with Crippen molar-refractivity contribution >= 4 is 29.1 Å². The topological polar surface area (TPSA) is 93.0 Å². The van der Waals surface area contributed by atoms with Gasteiger partial charge in [-0.05, 0) is 19.1 Å². The Morgan fingerprint density at radius 1 is 1.37 bits per heavy atom. The third-order valence-electron chi connectivity index (χ3n) is 2.68. The third kappa shape index (κ3) is 2.24. The second kappa shape index (κ2) is 5.01. The zero-order chi connectivity index (χ0) is 14.0. The highest BCUT2D eigenvalue weighted by Gasteiger charge is 2.41. The van der Waals surface area contributed by atoms with Crippen LogP contribution in [0.15, 0.2) is 29.3 Å². The Balaban J connectivity index is 2.55. The van der Waals surface area contributed by atoms with Crippen LogP contribution >= 0.6 is 0 Å². The maximum absolute atomic E-state index is 12.1. The summed E-state index contributed by atoms with van der Waals surface area (Å²) >= 11 is 0. The molecule has 0 saturated carbocycles. The van der Waals surface area contributed by atoms with Crippen molar-refractivity contribution in [2.45, 2.75) is 6.92 Å². The Hall–Kier alpha value is -2.50. The number of carbonyl (C=O) groups is 3. The summed E-state index contributed by atoms with van der Waals surface area (Å²) in [6, 6.07) is 6.30. The number of ether oxygens (including phenoxy) is 1. The van der Waals surface area contributed by atoms with Gasteiger partial charge < -0.3 is 9.84 Å². The van der Waals surface area contributed by atoms with Crippen LogP contribution in [0.2, 0.25) is 0 Å². The number of rotatable bonds is 3. The van der Waals surface area contributed by atoms with Crippen LogP contribution in [0.1, 0.15) is 17.3 Å². The molecular formula is C13H11NO5. The molecule has 1 heterocycles. The first-order chi connectivity index (χ1) is 9.06. The van der Waals surface area contributed by atoms with E-state index in [2.05, 4.69) is 4.99 Å². The van der Waals surface area contributed by atoms with Gasteiger partial charge in [-0.15, -0.1) is 0 Å². The van der Waals surface area contributed by atoms with Gasteiger partial charge >= 0.3 is 11.9 Å². The van der Waals surface area contributed by atoms with Crippen LogP contribution in [0.5, 0.6) is 0 Å². The smallest absolute Gasteiger partial charge is 0.354 e. The number of carboxylic acid groups (broad SMARTS) is 1. The Morgan fingerprint density at radius 3 is 2.68 bits per heavy atom. The number of carboxylic acids is 1. The van der Waals surface area contributed by atoms with Crippen molar-refractivity contribution in [1.29, 1.82) is 0 Å². The first-order valence-corrected chi connectivity index (χ1v) is 5.68. The number of Topliss-reactive ketones (excluding diaryl/α,β-unsaturated/α-hetero) is 1. The molecule has 0 radical (unpaired) electrons. The molecule has 0 bridgehead atoms. The van der Waals surface area contributed by atoms with Crippen LogP contribution in [-0.4, -0.2) is 35.1 Å². The van der Waals surface area contributed by atoms with E-state index in [1.54, 1.807) is 25.1 Å². The largest absolute Gasteiger partial charge is 0.480 e. The van der Waals surface area contributed by atoms with Gasteiger partial charge in [0.25, 0.3) is 0 Å². The number of benzene rings is 1. The van der Waals surface area contributed by atoms with E-state index in [4.69, 9.17) is 9.84 Å². The van der Waals surface area contributed by atoms with Crippen LogP contribution < -0.4 is 0 Å². The van der Waals surface area contributed by atoms with Gasteiger partial charge in [0.1, 0.15) is 5.71 Å². The number of ketones is 1. The Labute approximate surface area is 108 Å². The van der Waals surface area contributed by atoms with Crippen LogP contribution in [0.25, 0.3) is 0 Å². The molecule has 1 N–H and O–H groups in total. The zero-order valence-corrected chi connectivity index (χ0v) is 10.1. The van der Waals surface area contributed by atoms with E-state index >= 15 is 0 Å².